The number of rotatable bonds is 4. The minimum atomic E-state index is 0.543. The Morgan fingerprint density at radius 2 is 1.86 bits per heavy atom. The topological polar surface area (TPSA) is 67.9 Å². The molecule has 0 atom stereocenters. The van der Waals surface area contributed by atoms with Gasteiger partial charge in [0.2, 0.25) is 0 Å². The third-order valence-electron chi connectivity index (χ3n) is 2.99. The molecule has 0 aliphatic rings. The summed E-state index contributed by atoms with van der Waals surface area (Å²) in [5.74, 6) is 0.543. The standard InChI is InChI=1S/C13H15N5S3/c1-7-15-9(5-19-7)4-18(3)13-11(12(14)17-21-13)10-6-20-8(2)16-10/h5-6H,4H2,1-3H3,(H2,14,17). The average Bonchev–Trinajstić information content (AvgIpc) is 3.11. The van der Waals surface area contributed by atoms with Crippen molar-refractivity contribution in [3.8, 4) is 11.3 Å². The van der Waals surface area contributed by atoms with Gasteiger partial charge in [0, 0.05) is 17.8 Å². The van der Waals surface area contributed by atoms with Crippen LogP contribution in [-0.4, -0.2) is 21.4 Å². The maximum atomic E-state index is 6.04. The maximum Gasteiger partial charge on any atom is 0.148 e. The minimum Gasteiger partial charge on any atom is -0.382 e. The summed E-state index contributed by atoms with van der Waals surface area (Å²) in [7, 11) is 2.03. The summed E-state index contributed by atoms with van der Waals surface area (Å²) < 4.78 is 4.29. The van der Waals surface area contributed by atoms with Gasteiger partial charge in [0.25, 0.3) is 0 Å². The van der Waals surface area contributed by atoms with E-state index in [1.165, 1.54) is 11.5 Å². The molecule has 0 aliphatic heterocycles. The first-order valence-corrected chi connectivity index (χ1v) is 8.87. The van der Waals surface area contributed by atoms with Crippen LogP contribution < -0.4 is 10.6 Å². The molecule has 5 nitrogen and oxygen atoms in total. The summed E-state index contributed by atoms with van der Waals surface area (Å²) in [6.45, 7) is 4.75. The van der Waals surface area contributed by atoms with Gasteiger partial charge in [-0.3, -0.25) is 0 Å². The van der Waals surface area contributed by atoms with E-state index in [0.717, 1.165) is 38.5 Å². The summed E-state index contributed by atoms with van der Waals surface area (Å²) in [4.78, 5) is 11.2. The van der Waals surface area contributed by atoms with E-state index in [2.05, 4.69) is 24.6 Å². The molecule has 0 aromatic carbocycles. The molecular formula is C13H15N5S3. The number of aryl methyl sites for hydroxylation is 2. The van der Waals surface area contributed by atoms with Crippen LogP contribution in [0.3, 0.4) is 0 Å². The van der Waals surface area contributed by atoms with Crippen molar-refractivity contribution in [2.75, 3.05) is 17.7 Å². The number of nitrogens with zero attached hydrogens (tertiary/aromatic N) is 4. The Morgan fingerprint density at radius 3 is 2.48 bits per heavy atom. The molecule has 8 heteroatoms. The summed E-state index contributed by atoms with van der Waals surface area (Å²) in [5, 5.41) is 7.25. The van der Waals surface area contributed by atoms with Crippen molar-refractivity contribution in [2.45, 2.75) is 20.4 Å². The Morgan fingerprint density at radius 1 is 1.14 bits per heavy atom. The van der Waals surface area contributed by atoms with Gasteiger partial charge in [-0.25, -0.2) is 9.97 Å². The zero-order chi connectivity index (χ0) is 15.0. The van der Waals surface area contributed by atoms with Crippen LogP contribution in [0.1, 0.15) is 15.7 Å². The Hall–Kier alpha value is -1.51. The SMILES string of the molecule is Cc1nc(CN(C)c2snc(N)c2-c2csc(C)n2)cs1. The van der Waals surface area contributed by atoms with E-state index in [0.29, 0.717) is 5.82 Å². The highest BCUT2D eigenvalue weighted by molar-refractivity contribution is 7.11. The molecule has 0 spiro atoms. The maximum absolute atomic E-state index is 6.04. The molecule has 0 amide bonds. The lowest BCUT2D eigenvalue weighted by molar-refractivity contribution is 0.900. The first-order chi connectivity index (χ1) is 10.0. The first kappa shape index (κ1) is 14.4. The van der Waals surface area contributed by atoms with Crippen LogP contribution in [0.2, 0.25) is 0 Å². The van der Waals surface area contributed by atoms with Gasteiger partial charge < -0.3 is 10.6 Å². The predicted molar refractivity (Wildman–Crippen MR) is 91.3 cm³/mol. The van der Waals surface area contributed by atoms with Crippen molar-refractivity contribution >= 4 is 45.0 Å². The second kappa shape index (κ2) is 5.70. The number of hydrogen-bond acceptors (Lipinski definition) is 8. The third-order valence-corrected chi connectivity index (χ3v) is 5.56. The fourth-order valence-electron chi connectivity index (χ4n) is 2.07. The smallest absolute Gasteiger partial charge is 0.148 e. The molecule has 0 radical (unpaired) electrons. The number of nitrogens with two attached hydrogens (primary N) is 1. The van der Waals surface area contributed by atoms with Gasteiger partial charge in [-0.1, -0.05) is 0 Å². The molecule has 3 rings (SSSR count). The predicted octanol–water partition coefficient (Wildman–Crippen LogP) is 3.56. The van der Waals surface area contributed by atoms with Gasteiger partial charge in [0.1, 0.15) is 10.8 Å². The van der Waals surface area contributed by atoms with Crippen LogP contribution in [0.15, 0.2) is 10.8 Å². The number of hydrogen-bond donors (Lipinski definition) is 1. The van der Waals surface area contributed by atoms with Gasteiger partial charge in [-0.15, -0.1) is 22.7 Å². The van der Waals surface area contributed by atoms with Gasteiger partial charge in [-0.05, 0) is 25.4 Å². The van der Waals surface area contributed by atoms with Crippen LogP contribution in [0.25, 0.3) is 11.3 Å². The van der Waals surface area contributed by atoms with Crippen molar-refractivity contribution in [1.82, 2.24) is 14.3 Å². The van der Waals surface area contributed by atoms with Crippen LogP contribution >= 0.6 is 34.2 Å². The summed E-state index contributed by atoms with van der Waals surface area (Å²) in [5.41, 5.74) is 8.94. The van der Waals surface area contributed by atoms with Crippen LogP contribution in [-0.2, 0) is 6.54 Å². The van der Waals surface area contributed by atoms with Crippen LogP contribution in [0, 0.1) is 13.8 Å². The van der Waals surface area contributed by atoms with Crippen molar-refractivity contribution in [3.05, 3.63) is 26.5 Å². The Bertz CT molecular complexity index is 758. The lowest BCUT2D eigenvalue weighted by Gasteiger charge is -2.16. The quantitative estimate of drug-likeness (QED) is 0.788. The van der Waals surface area contributed by atoms with Gasteiger partial charge >= 0.3 is 0 Å². The zero-order valence-corrected chi connectivity index (χ0v) is 14.4. The number of thiazole rings is 2. The van der Waals surface area contributed by atoms with E-state index < -0.39 is 0 Å². The zero-order valence-electron chi connectivity index (χ0n) is 12.0. The molecule has 0 unspecified atom stereocenters. The van der Waals surface area contributed by atoms with Gasteiger partial charge in [0.15, 0.2) is 0 Å². The lowest BCUT2D eigenvalue weighted by atomic mass is 10.2. The molecule has 3 aromatic rings. The third kappa shape index (κ3) is 2.92. The monoisotopic (exact) mass is 337 g/mol. The number of nitrogen functional groups attached to an aromatic ring is 1. The fourth-order valence-corrected chi connectivity index (χ4v) is 4.06. The molecule has 0 aliphatic carbocycles. The molecule has 3 aromatic heterocycles. The molecule has 0 saturated heterocycles. The van der Waals surface area contributed by atoms with Gasteiger partial charge in [-0.2, -0.15) is 4.37 Å². The van der Waals surface area contributed by atoms with E-state index in [9.17, 15) is 0 Å². The van der Waals surface area contributed by atoms with Crippen molar-refractivity contribution in [1.29, 1.82) is 0 Å². The van der Waals surface area contributed by atoms with E-state index in [1.807, 2.05) is 26.3 Å². The Labute approximate surface area is 135 Å². The lowest BCUT2D eigenvalue weighted by Crippen LogP contribution is -2.16. The van der Waals surface area contributed by atoms with Gasteiger partial charge in [0.05, 0.1) is 33.5 Å². The first-order valence-electron chi connectivity index (χ1n) is 6.34. The number of aromatic nitrogens is 3. The highest BCUT2D eigenvalue weighted by atomic mass is 32.1. The Balaban J connectivity index is 1.92. The van der Waals surface area contributed by atoms with E-state index in [-0.39, 0.29) is 0 Å². The van der Waals surface area contributed by atoms with Crippen LogP contribution in [0.4, 0.5) is 10.8 Å². The number of anilines is 2. The highest BCUT2D eigenvalue weighted by Gasteiger charge is 2.19. The average molecular weight is 337 g/mol. The normalized spacial score (nSPS) is 11.0. The molecule has 0 fully saturated rings. The molecular weight excluding hydrogens is 322 g/mol. The van der Waals surface area contributed by atoms with E-state index >= 15 is 0 Å². The minimum absolute atomic E-state index is 0.543. The molecule has 110 valence electrons. The highest BCUT2D eigenvalue weighted by Crippen LogP contribution is 2.39. The van der Waals surface area contributed by atoms with Crippen molar-refractivity contribution in [2.24, 2.45) is 0 Å². The van der Waals surface area contributed by atoms with E-state index in [1.54, 1.807) is 22.7 Å². The molecule has 0 bridgehead atoms. The largest absolute Gasteiger partial charge is 0.382 e. The molecule has 21 heavy (non-hydrogen) atoms. The molecule has 2 N–H and O–H groups in total. The summed E-state index contributed by atoms with van der Waals surface area (Å²) in [6.07, 6.45) is 0. The van der Waals surface area contributed by atoms with E-state index in [4.69, 9.17) is 5.73 Å². The van der Waals surface area contributed by atoms with Crippen molar-refractivity contribution < 1.29 is 0 Å². The molecule has 3 heterocycles. The van der Waals surface area contributed by atoms with Crippen molar-refractivity contribution in [3.63, 3.8) is 0 Å². The fraction of sp³-hybridized carbons (Fsp3) is 0.308. The molecule has 0 saturated carbocycles. The second-order valence-corrected chi connectivity index (χ2v) is 7.59. The second-order valence-electron chi connectivity index (χ2n) is 4.71. The Kier molecular flexibility index (Phi) is 3.92. The summed E-state index contributed by atoms with van der Waals surface area (Å²) >= 11 is 4.69. The summed E-state index contributed by atoms with van der Waals surface area (Å²) in [6, 6.07) is 0. The van der Waals surface area contributed by atoms with Crippen LogP contribution in [0.5, 0.6) is 0 Å².